The fourth-order valence-corrected chi connectivity index (χ4v) is 3.06. The van der Waals surface area contributed by atoms with E-state index in [4.69, 9.17) is 11.6 Å². The summed E-state index contributed by atoms with van der Waals surface area (Å²) < 4.78 is 0. The molecule has 6 nitrogen and oxygen atoms in total. The standard InChI is InChI=1S/C17H25ClN4O2/c1-19-16(23)9-11-21(2)17(24)20-13-6-5-10-22(12-13)15-8-4-3-7-14(15)18/h3-4,7-8,13H,5-6,9-12H2,1-2H3,(H,19,23)(H,20,24). The monoisotopic (exact) mass is 352 g/mol. The van der Waals surface area contributed by atoms with E-state index in [1.54, 1.807) is 19.0 Å². The van der Waals surface area contributed by atoms with Crippen molar-refractivity contribution in [1.82, 2.24) is 15.5 Å². The maximum Gasteiger partial charge on any atom is 0.317 e. The summed E-state index contributed by atoms with van der Waals surface area (Å²) in [5.74, 6) is -0.0720. The van der Waals surface area contributed by atoms with Crippen LogP contribution in [0.2, 0.25) is 5.02 Å². The summed E-state index contributed by atoms with van der Waals surface area (Å²) in [5.41, 5.74) is 1.01. The molecular weight excluding hydrogens is 328 g/mol. The molecule has 0 saturated carbocycles. The molecule has 0 radical (unpaired) electrons. The Hall–Kier alpha value is -1.95. The molecule has 7 heteroatoms. The van der Waals surface area contributed by atoms with Crippen molar-refractivity contribution in [3.8, 4) is 0 Å². The van der Waals surface area contributed by atoms with E-state index in [1.807, 2.05) is 24.3 Å². The van der Waals surface area contributed by atoms with Crippen LogP contribution in [0.15, 0.2) is 24.3 Å². The SMILES string of the molecule is CNC(=O)CCN(C)C(=O)NC1CCCN(c2ccccc2Cl)C1. The Morgan fingerprint density at radius 2 is 2.12 bits per heavy atom. The van der Waals surface area contributed by atoms with Gasteiger partial charge in [-0.1, -0.05) is 23.7 Å². The van der Waals surface area contributed by atoms with Crippen LogP contribution in [0, 0.1) is 0 Å². The van der Waals surface area contributed by atoms with Crippen LogP contribution < -0.4 is 15.5 Å². The van der Waals surface area contributed by atoms with Crippen molar-refractivity contribution in [2.24, 2.45) is 0 Å². The van der Waals surface area contributed by atoms with Crippen LogP contribution in [0.5, 0.6) is 0 Å². The Morgan fingerprint density at radius 1 is 1.38 bits per heavy atom. The van der Waals surface area contributed by atoms with E-state index in [0.717, 1.165) is 36.6 Å². The number of halogens is 1. The molecule has 1 saturated heterocycles. The van der Waals surface area contributed by atoms with E-state index in [-0.39, 0.29) is 18.0 Å². The van der Waals surface area contributed by atoms with Gasteiger partial charge in [-0.25, -0.2) is 4.79 Å². The minimum atomic E-state index is -0.148. The third-order valence-corrected chi connectivity index (χ3v) is 4.56. The lowest BCUT2D eigenvalue weighted by atomic mass is 10.0. The smallest absolute Gasteiger partial charge is 0.317 e. The predicted octanol–water partition coefficient (Wildman–Crippen LogP) is 2.09. The van der Waals surface area contributed by atoms with Crippen LogP contribution in [-0.4, -0.2) is 56.6 Å². The average molecular weight is 353 g/mol. The topological polar surface area (TPSA) is 64.7 Å². The van der Waals surface area contributed by atoms with Gasteiger partial charge < -0.3 is 20.4 Å². The van der Waals surface area contributed by atoms with E-state index in [2.05, 4.69) is 15.5 Å². The van der Waals surface area contributed by atoms with E-state index < -0.39 is 0 Å². The number of rotatable bonds is 5. The Morgan fingerprint density at radius 3 is 2.83 bits per heavy atom. The largest absolute Gasteiger partial charge is 0.368 e. The second kappa shape index (κ2) is 8.78. The third-order valence-electron chi connectivity index (χ3n) is 4.24. The minimum absolute atomic E-state index is 0.0720. The number of hydrogen-bond acceptors (Lipinski definition) is 3. The summed E-state index contributed by atoms with van der Waals surface area (Å²) >= 11 is 6.27. The maximum absolute atomic E-state index is 12.3. The van der Waals surface area contributed by atoms with Gasteiger partial charge in [0, 0.05) is 46.2 Å². The van der Waals surface area contributed by atoms with Crippen LogP contribution >= 0.6 is 11.6 Å². The molecule has 2 N–H and O–H groups in total. The molecule has 0 aliphatic carbocycles. The maximum atomic E-state index is 12.3. The number of amides is 3. The summed E-state index contributed by atoms with van der Waals surface area (Å²) in [7, 11) is 3.29. The molecule has 1 atom stereocenters. The molecule has 1 aromatic rings. The second-order valence-electron chi connectivity index (χ2n) is 6.03. The molecule has 0 bridgehead atoms. The normalized spacial score (nSPS) is 17.3. The Kier molecular flexibility index (Phi) is 6.73. The second-order valence-corrected chi connectivity index (χ2v) is 6.44. The summed E-state index contributed by atoms with van der Waals surface area (Å²) in [6.45, 7) is 2.06. The number of nitrogens with one attached hydrogen (secondary N) is 2. The first kappa shape index (κ1) is 18.4. The number of anilines is 1. The molecule has 1 unspecified atom stereocenters. The Labute approximate surface area is 148 Å². The number of para-hydroxylation sites is 1. The molecule has 24 heavy (non-hydrogen) atoms. The van der Waals surface area contributed by atoms with Gasteiger partial charge in [-0.15, -0.1) is 0 Å². The van der Waals surface area contributed by atoms with E-state index in [1.165, 1.54) is 0 Å². The first-order valence-electron chi connectivity index (χ1n) is 8.23. The van der Waals surface area contributed by atoms with Gasteiger partial charge in [0.1, 0.15) is 0 Å². The third kappa shape index (κ3) is 5.03. The summed E-state index contributed by atoms with van der Waals surface area (Å²) in [6, 6.07) is 7.69. The van der Waals surface area contributed by atoms with Gasteiger partial charge in [0.2, 0.25) is 5.91 Å². The molecule has 1 aliphatic rings. The Balaban J connectivity index is 1.87. The molecule has 0 aromatic heterocycles. The predicted molar refractivity (Wildman–Crippen MR) is 96.5 cm³/mol. The molecule has 2 rings (SSSR count). The molecule has 1 fully saturated rings. The van der Waals surface area contributed by atoms with Gasteiger partial charge in [0.05, 0.1) is 10.7 Å². The molecule has 0 spiro atoms. The molecule has 132 valence electrons. The molecule has 1 heterocycles. The van der Waals surface area contributed by atoms with Gasteiger partial charge in [-0.2, -0.15) is 0 Å². The van der Waals surface area contributed by atoms with Crippen molar-refractivity contribution < 1.29 is 9.59 Å². The number of carbonyl (C=O) groups excluding carboxylic acids is 2. The molecular formula is C17H25ClN4O2. The van der Waals surface area contributed by atoms with Gasteiger partial charge in [0.15, 0.2) is 0 Å². The lowest BCUT2D eigenvalue weighted by molar-refractivity contribution is -0.120. The fourth-order valence-electron chi connectivity index (χ4n) is 2.80. The highest BCUT2D eigenvalue weighted by Gasteiger charge is 2.23. The first-order valence-corrected chi connectivity index (χ1v) is 8.60. The van der Waals surface area contributed by atoms with Crippen molar-refractivity contribution in [2.45, 2.75) is 25.3 Å². The zero-order chi connectivity index (χ0) is 17.5. The van der Waals surface area contributed by atoms with Gasteiger partial charge in [0.25, 0.3) is 0 Å². The van der Waals surface area contributed by atoms with E-state index in [9.17, 15) is 9.59 Å². The van der Waals surface area contributed by atoms with Gasteiger partial charge >= 0.3 is 6.03 Å². The number of carbonyl (C=O) groups is 2. The van der Waals surface area contributed by atoms with Crippen LogP contribution in [-0.2, 0) is 4.79 Å². The number of nitrogens with zero attached hydrogens (tertiary/aromatic N) is 2. The zero-order valence-electron chi connectivity index (χ0n) is 14.2. The lowest BCUT2D eigenvalue weighted by Crippen LogP contribution is -2.51. The molecule has 3 amide bonds. The molecule has 1 aromatic carbocycles. The van der Waals surface area contributed by atoms with Crippen molar-refractivity contribution >= 4 is 29.2 Å². The van der Waals surface area contributed by atoms with E-state index in [0.29, 0.717) is 13.0 Å². The number of urea groups is 1. The van der Waals surface area contributed by atoms with Crippen molar-refractivity contribution in [3.05, 3.63) is 29.3 Å². The highest BCUT2D eigenvalue weighted by molar-refractivity contribution is 6.33. The zero-order valence-corrected chi connectivity index (χ0v) is 15.0. The highest BCUT2D eigenvalue weighted by atomic mass is 35.5. The summed E-state index contributed by atoms with van der Waals surface area (Å²) in [4.78, 5) is 27.3. The number of hydrogen-bond donors (Lipinski definition) is 2. The quantitative estimate of drug-likeness (QED) is 0.852. The minimum Gasteiger partial charge on any atom is -0.368 e. The van der Waals surface area contributed by atoms with E-state index >= 15 is 0 Å². The fraction of sp³-hybridized carbons (Fsp3) is 0.529. The van der Waals surface area contributed by atoms with Gasteiger partial charge in [-0.3, -0.25) is 4.79 Å². The van der Waals surface area contributed by atoms with Crippen LogP contribution in [0.4, 0.5) is 10.5 Å². The average Bonchev–Trinajstić information content (AvgIpc) is 2.59. The number of piperidine rings is 1. The van der Waals surface area contributed by atoms with Crippen molar-refractivity contribution in [1.29, 1.82) is 0 Å². The first-order chi connectivity index (χ1) is 11.5. The van der Waals surface area contributed by atoms with Crippen LogP contribution in [0.25, 0.3) is 0 Å². The van der Waals surface area contributed by atoms with Crippen LogP contribution in [0.1, 0.15) is 19.3 Å². The molecule has 1 aliphatic heterocycles. The van der Waals surface area contributed by atoms with Crippen molar-refractivity contribution in [3.63, 3.8) is 0 Å². The van der Waals surface area contributed by atoms with Gasteiger partial charge in [-0.05, 0) is 25.0 Å². The summed E-state index contributed by atoms with van der Waals surface area (Å²) in [6.07, 6.45) is 2.24. The summed E-state index contributed by atoms with van der Waals surface area (Å²) in [5, 5.41) is 6.33. The van der Waals surface area contributed by atoms with Crippen LogP contribution in [0.3, 0.4) is 0 Å². The lowest BCUT2D eigenvalue weighted by Gasteiger charge is -2.35. The number of benzene rings is 1. The Bertz CT molecular complexity index is 581. The highest BCUT2D eigenvalue weighted by Crippen LogP contribution is 2.27. The van der Waals surface area contributed by atoms with Crippen molar-refractivity contribution in [2.75, 3.05) is 38.6 Å².